The van der Waals surface area contributed by atoms with E-state index in [0.717, 1.165) is 63.2 Å². The summed E-state index contributed by atoms with van der Waals surface area (Å²) in [6.07, 6.45) is 4.34. The Morgan fingerprint density at radius 2 is 2.17 bits per heavy atom. The van der Waals surface area contributed by atoms with E-state index >= 15 is 0 Å². The van der Waals surface area contributed by atoms with Crippen molar-refractivity contribution in [2.24, 2.45) is 11.3 Å². The van der Waals surface area contributed by atoms with Crippen molar-refractivity contribution in [3.05, 3.63) is 30.1 Å². The molecule has 0 bridgehead atoms. The highest BCUT2D eigenvalue weighted by Crippen LogP contribution is 2.58. The molecule has 1 amide bonds. The van der Waals surface area contributed by atoms with E-state index in [-0.39, 0.29) is 11.8 Å². The molecule has 1 aromatic heterocycles. The maximum atomic E-state index is 12.4. The van der Waals surface area contributed by atoms with E-state index < -0.39 is 0 Å². The van der Waals surface area contributed by atoms with Crippen molar-refractivity contribution in [1.82, 2.24) is 20.2 Å². The van der Waals surface area contributed by atoms with Gasteiger partial charge in [-0.25, -0.2) is 4.98 Å². The molecule has 1 spiro atoms. The zero-order valence-electron chi connectivity index (χ0n) is 14.3. The molecule has 2 heterocycles. The number of nitrogens with zero attached hydrogens (tertiary/aromatic N) is 2. The molecular formula is C19H26N4O. The number of imidazole rings is 1. The van der Waals surface area contributed by atoms with Crippen LogP contribution in [0.2, 0.25) is 0 Å². The highest BCUT2D eigenvalue weighted by atomic mass is 16.2. The Labute approximate surface area is 142 Å². The number of nitrogens with one attached hydrogen (secondary N) is 2. The van der Waals surface area contributed by atoms with Crippen molar-refractivity contribution in [1.29, 1.82) is 0 Å². The van der Waals surface area contributed by atoms with E-state index in [2.05, 4.69) is 26.3 Å². The van der Waals surface area contributed by atoms with Gasteiger partial charge in [-0.1, -0.05) is 12.1 Å². The molecule has 0 radical (unpaired) electrons. The fourth-order valence-corrected chi connectivity index (χ4v) is 4.25. The van der Waals surface area contributed by atoms with E-state index in [0.29, 0.717) is 5.41 Å². The molecule has 24 heavy (non-hydrogen) atoms. The highest BCUT2D eigenvalue weighted by Gasteiger charge is 2.57. The summed E-state index contributed by atoms with van der Waals surface area (Å²) >= 11 is 0. The van der Waals surface area contributed by atoms with Gasteiger partial charge in [0.1, 0.15) is 5.82 Å². The predicted molar refractivity (Wildman–Crippen MR) is 94.7 cm³/mol. The first kappa shape index (κ1) is 15.6. The average Bonchev–Trinajstić information content (AvgIpc) is 3.18. The van der Waals surface area contributed by atoms with Crippen LogP contribution in [0.15, 0.2) is 24.3 Å². The molecule has 2 aliphatic rings. The number of aryl methyl sites for hydroxylation is 2. The number of benzene rings is 1. The van der Waals surface area contributed by atoms with Crippen LogP contribution in [0.3, 0.4) is 0 Å². The molecular weight excluding hydrogens is 300 g/mol. The number of hydrogen-bond acceptors (Lipinski definition) is 3. The van der Waals surface area contributed by atoms with Crippen LogP contribution in [0.25, 0.3) is 11.0 Å². The number of amides is 1. The SMILES string of the molecule is Cc1nc2ccccc2n1CCCNC(=O)[C@@H]1CC12CCNCC2. The second-order valence-corrected chi connectivity index (χ2v) is 7.31. The highest BCUT2D eigenvalue weighted by molar-refractivity contribution is 5.82. The summed E-state index contributed by atoms with van der Waals surface area (Å²) in [7, 11) is 0. The van der Waals surface area contributed by atoms with Crippen molar-refractivity contribution in [3.63, 3.8) is 0 Å². The minimum atomic E-state index is 0.260. The van der Waals surface area contributed by atoms with Crippen molar-refractivity contribution >= 4 is 16.9 Å². The maximum absolute atomic E-state index is 12.4. The van der Waals surface area contributed by atoms with Crippen LogP contribution < -0.4 is 10.6 Å². The number of para-hydroxylation sites is 2. The lowest BCUT2D eigenvalue weighted by Gasteiger charge is -2.23. The average molecular weight is 326 g/mol. The molecule has 5 heteroatoms. The Hall–Kier alpha value is -1.88. The number of hydrogen-bond donors (Lipinski definition) is 2. The first-order chi connectivity index (χ1) is 11.7. The van der Waals surface area contributed by atoms with Crippen molar-refractivity contribution in [2.45, 2.75) is 39.2 Å². The summed E-state index contributed by atoms with van der Waals surface area (Å²) < 4.78 is 2.24. The van der Waals surface area contributed by atoms with Gasteiger partial charge in [0.05, 0.1) is 11.0 Å². The molecule has 0 unspecified atom stereocenters. The lowest BCUT2D eigenvalue weighted by Crippen LogP contribution is -2.34. The Morgan fingerprint density at radius 1 is 1.38 bits per heavy atom. The molecule has 1 aromatic carbocycles. The van der Waals surface area contributed by atoms with Gasteiger partial charge < -0.3 is 15.2 Å². The Kier molecular flexibility index (Phi) is 4.04. The number of carbonyl (C=O) groups is 1. The second kappa shape index (κ2) is 6.20. The minimum Gasteiger partial charge on any atom is -0.356 e. The molecule has 1 aliphatic carbocycles. The van der Waals surface area contributed by atoms with E-state index in [1.807, 2.05) is 25.1 Å². The van der Waals surface area contributed by atoms with E-state index in [1.54, 1.807) is 0 Å². The Morgan fingerprint density at radius 3 is 3.00 bits per heavy atom. The molecule has 2 fully saturated rings. The van der Waals surface area contributed by atoms with E-state index in [9.17, 15) is 4.79 Å². The van der Waals surface area contributed by atoms with Crippen LogP contribution in [0, 0.1) is 18.3 Å². The second-order valence-electron chi connectivity index (χ2n) is 7.31. The normalized spacial score (nSPS) is 22.0. The minimum absolute atomic E-state index is 0.260. The van der Waals surface area contributed by atoms with Gasteiger partial charge in [0, 0.05) is 19.0 Å². The quantitative estimate of drug-likeness (QED) is 0.829. The van der Waals surface area contributed by atoms with Crippen LogP contribution in [-0.4, -0.2) is 35.1 Å². The lowest BCUT2D eigenvalue weighted by molar-refractivity contribution is -0.123. The van der Waals surface area contributed by atoms with Gasteiger partial charge in [-0.05, 0) is 63.2 Å². The van der Waals surface area contributed by atoms with Gasteiger partial charge in [-0.2, -0.15) is 0 Å². The number of fused-ring (bicyclic) bond motifs is 1. The van der Waals surface area contributed by atoms with Gasteiger partial charge >= 0.3 is 0 Å². The van der Waals surface area contributed by atoms with E-state index in [1.165, 1.54) is 5.52 Å². The number of piperidine rings is 1. The Balaban J connectivity index is 1.27. The zero-order chi connectivity index (χ0) is 16.6. The monoisotopic (exact) mass is 326 g/mol. The summed E-state index contributed by atoms with van der Waals surface area (Å²) in [5, 5.41) is 6.54. The third-order valence-corrected chi connectivity index (χ3v) is 5.81. The van der Waals surface area contributed by atoms with Gasteiger partial charge in [0.25, 0.3) is 0 Å². The molecule has 1 saturated carbocycles. The first-order valence-electron chi connectivity index (χ1n) is 9.10. The van der Waals surface area contributed by atoms with Gasteiger partial charge in [0.2, 0.25) is 5.91 Å². The molecule has 128 valence electrons. The Bertz CT molecular complexity index is 745. The number of aromatic nitrogens is 2. The summed E-state index contributed by atoms with van der Waals surface area (Å²) in [6, 6.07) is 8.23. The topological polar surface area (TPSA) is 59.0 Å². The van der Waals surface area contributed by atoms with Crippen molar-refractivity contribution in [3.8, 4) is 0 Å². The summed E-state index contributed by atoms with van der Waals surface area (Å²) in [6.45, 7) is 5.82. The van der Waals surface area contributed by atoms with Gasteiger partial charge in [0.15, 0.2) is 0 Å². The molecule has 2 N–H and O–H groups in total. The standard InChI is InChI=1S/C19H26N4O/c1-14-22-16-5-2-3-6-17(16)23(14)12-4-9-21-18(24)15-13-19(15)7-10-20-11-8-19/h2-3,5-6,15,20H,4,7-13H2,1H3,(H,21,24)/t15-/m0/s1. The molecule has 2 aromatic rings. The fourth-order valence-electron chi connectivity index (χ4n) is 4.25. The van der Waals surface area contributed by atoms with Gasteiger partial charge in [-0.15, -0.1) is 0 Å². The van der Waals surface area contributed by atoms with Crippen LogP contribution in [0.4, 0.5) is 0 Å². The molecule has 1 atom stereocenters. The maximum Gasteiger partial charge on any atom is 0.223 e. The summed E-state index contributed by atoms with van der Waals surface area (Å²) in [5.41, 5.74) is 2.55. The lowest BCUT2D eigenvalue weighted by atomic mass is 9.92. The van der Waals surface area contributed by atoms with Crippen molar-refractivity contribution in [2.75, 3.05) is 19.6 Å². The summed E-state index contributed by atoms with van der Waals surface area (Å²) in [5.74, 6) is 1.57. The number of carbonyl (C=O) groups excluding carboxylic acids is 1. The smallest absolute Gasteiger partial charge is 0.223 e. The fraction of sp³-hybridized carbons (Fsp3) is 0.579. The van der Waals surface area contributed by atoms with Crippen LogP contribution in [-0.2, 0) is 11.3 Å². The molecule has 4 rings (SSSR count). The van der Waals surface area contributed by atoms with Crippen LogP contribution >= 0.6 is 0 Å². The zero-order valence-corrected chi connectivity index (χ0v) is 14.3. The first-order valence-corrected chi connectivity index (χ1v) is 9.10. The third-order valence-electron chi connectivity index (χ3n) is 5.81. The largest absolute Gasteiger partial charge is 0.356 e. The van der Waals surface area contributed by atoms with Gasteiger partial charge in [-0.3, -0.25) is 4.79 Å². The third kappa shape index (κ3) is 2.81. The predicted octanol–water partition coefficient (Wildman–Crippen LogP) is 2.24. The molecule has 1 aliphatic heterocycles. The molecule has 1 saturated heterocycles. The van der Waals surface area contributed by atoms with E-state index in [4.69, 9.17) is 0 Å². The van der Waals surface area contributed by atoms with Crippen LogP contribution in [0.5, 0.6) is 0 Å². The number of rotatable bonds is 5. The molecule has 5 nitrogen and oxygen atoms in total. The van der Waals surface area contributed by atoms with Crippen molar-refractivity contribution < 1.29 is 4.79 Å². The summed E-state index contributed by atoms with van der Waals surface area (Å²) in [4.78, 5) is 17.0. The van der Waals surface area contributed by atoms with Crippen LogP contribution in [0.1, 0.15) is 31.5 Å².